The molecule has 1 aromatic heterocycles. The Kier molecular flexibility index (Phi) is 4.25. The molecular weight excluding hydrogens is 348 g/mol. The van der Waals surface area contributed by atoms with Crippen LogP contribution in [-0.4, -0.2) is 26.6 Å². The number of nitrogens with one attached hydrogen (secondary N) is 2. The summed E-state index contributed by atoms with van der Waals surface area (Å²) in [7, 11) is -2.16. The summed E-state index contributed by atoms with van der Waals surface area (Å²) in [5.41, 5.74) is 4.43. The Hall–Kier alpha value is -2.31. The van der Waals surface area contributed by atoms with Gasteiger partial charge in [0.05, 0.1) is 7.11 Å². The molecule has 0 fully saturated rings. The maximum atomic E-state index is 12.9. The fourth-order valence-corrected chi connectivity index (χ4v) is 5.27. The van der Waals surface area contributed by atoms with Gasteiger partial charge in [-0.05, 0) is 55.5 Å². The molecule has 136 valence electrons. The predicted octanol–water partition coefficient (Wildman–Crippen LogP) is 3.32. The van der Waals surface area contributed by atoms with Gasteiger partial charge in [-0.15, -0.1) is 0 Å². The molecule has 0 amide bonds. The van der Waals surface area contributed by atoms with E-state index in [2.05, 4.69) is 21.8 Å². The zero-order valence-electron chi connectivity index (χ0n) is 14.9. The van der Waals surface area contributed by atoms with E-state index in [0.29, 0.717) is 12.2 Å². The lowest BCUT2D eigenvalue weighted by atomic mass is 9.92. The number of benzene rings is 2. The Balaban J connectivity index is 1.63. The van der Waals surface area contributed by atoms with Crippen LogP contribution in [-0.2, 0) is 22.9 Å². The topological polar surface area (TPSA) is 71.2 Å². The first-order valence-electron chi connectivity index (χ1n) is 8.73. The average Bonchev–Trinajstić information content (AvgIpc) is 2.99. The zero-order valence-corrected chi connectivity index (χ0v) is 15.7. The van der Waals surface area contributed by atoms with Crippen molar-refractivity contribution < 1.29 is 13.2 Å². The summed E-state index contributed by atoms with van der Waals surface area (Å²) in [5.74, 6) is 0.367. The minimum absolute atomic E-state index is 0.128. The van der Waals surface area contributed by atoms with Crippen molar-refractivity contribution in [1.29, 1.82) is 0 Å². The van der Waals surface area contributed by atoms with Crippen LogP contribution in [0.5, 0.6) is 5.75 Å². The molecule has 1 atom stereocenters. The van der Waals surface area contributed by atoms with Crippen molar-refractivity contribution in [2.45, 2.75) is 37.1 Å². The maximum Gasteiger partial charge on any atom is 0.244 e. The molecule has 1 unspecified atom stereocenters. The van der Waals surface area contributed by atoms with Gasteiger partial charge in [0, 0.05) is 22.6 Å². The molecule has 2 N–H and O–H groups in total. The van der Waals surface area contributed by atoms with E-state index >= 15 is 0 Å². The summed E-state index contributed by atoms with van der Waals surface area (Å²) < 4.78 is 34.0. The number of para-hydroxylation sites is 1. The van der Waals surface area contributed by atoms with Gasteiger partial charge in [0.25, 0.3) is 0 Å². The van der Waals surface area contributed by atoms with E-state index in [0.717, 1.165) is 23.9 Å². The molecular formula is C20H22N2O3S. The number of fused-ring (bicyclic) bond motifs is 3. The van der Waals surface area contributed by atoms with Crippen molar-refractivity contribution in [2.24, 2.45) is 0 Å². The molecule has 26 heavy (non-hydrogen) atoms. The number of aryl methyl sites for hydroxylation is 2. The van der Waals surface area contributed by atoms with Crippen LogP contribution in [0.4, 0.5) is 0 Å². The Morgan fingerprint density at radius 2 is 2.00 bits per heavy atom. The first kappa shape index (κ1) is 17.1. The van der Waals surface area contributed by atoms with Gasteiger partial charge in [-0.3, -0.25) is 0 Å². The van der Waals surface area contributed by atoms with E-state index in [4.69, 9.17) is 4.74 Å². The van der Waals surface area contributed by atoms with Crippen molar-refractivity contribution >= 4 is 20.9 Å². The van der Waals surface area contributed by atoms with Crippen LogP contribution in [0.25, 0.3) is 10.9 Å². The third-order valence-corrected chi connectivity index (χ3v) is 6.57. The largest absolute Gasteiger partial charge is 0.495 e. The van der Waals surface area contributed by atoms with Crippen LogP contribution in [0.1, 0.15) is 23.2 Å². The van der Waals surface area contributed by atoms with Crippen molar-refractivity contribution in [1.82, 2.24) is 9.71 Å². The van der Waals surface area contributed by atoms with E-state index in [9.17, 15) is 8.42 Å². The van der Waals surface area contributed by atoms with E-state index in [1.54, 1.807) is 12.1 Å². The van der Waals surface area contributed by atoms with Crippen molar-refractivity contribution in [3.05, 3.63) is 59.3 Å². The van der Waals surface area contributed by atoms with Gasteiger partial charge >= 0.3 is 0 Å². The minimum Gasteiger partial charge on any atom is -0.495 e. The lowest BCUT2D eigenvalue weighted by Gasteiger charge is -2.24. The van der Waals surface area contributed by atoms with Gasteiger partial charge in [-0.25, -0.2) is 13.1 Å². The highest BCUT2D eigenvalue weighted by molar-refractivity contribution is 7.89. The van der Waals surface area contributed by atoms with Gasteiger partial charge in [0.15, 0.2) is 0 Å². The maximum absolute atomic E-state index is 12.9. The van der Waals surface area contributed by atoms with Crippen molar-refractivity contribution in [2.75, 3.05) is 7.11 Å². The molecule has 5 nitrogen and oxygen atoms in total. The molecule has 2 aromatic carbocycles. The monoisotopic (exact) mass is 370 g/mol. The van der Waals surface area contributed by atoms with Crippen LogP contribution < -0.4 is 9.46 Å². The summed E-state index contributed by atoms with van der Waals surface area (Å²) in [4.78, 5) is 3.66. The second-order valence-electron chi connectivity index (χ2n) is 6.84. The van der Waals surface area contributed by atoms with Crippen molar-refractivity contribution in [3.63, 3.8) is 0 Å². The SMILES string of the molecule is COc1ccc(C)cc1S(=O)(=O)NC1CCc2[nH]c3ccccc3c2C1. The minimum atomic E-state index is -3.65. The van der Waals surface area contributed by atoms with Gasteiger partial charge in [-0.2, -0.15) is 0 Å². The molecule has 0 saturated carbocycles. The number of methoxy groups -OCH3 is 1. The normalized spacial score (nSPS) is 17.2. The van der Waals surface area contributed by atoms with Crippen LogP contribution >= 0.6 is 0 Å². The Labute approximate surface area is 153 Å². The number of aromatic nitrogens is 1. The number of sulfonamides is 1. The van der Waals surface area contributed by atoms with Gasteiger partial charge in [0.2, 0.25) is 10.0 Å². The van der Waals surface area contributed by atoms with Gasteiger partial charge in [-0.1, -0.05) is 24.3 Å². The second-order valence-corrected chi connectivity index (χ2v) is 8.53. The van der Waals surface area contributed by atoms with Crippen molar-refractivity contribution in [3.8, 4) is 5.75 Å². The first-order valence-corrected chi connectivity index (χ1v) is 10.2. The fourth-order valence-electron chi connectivity index (χ4n) is 3.75. The van der Waals surface area contributed by atoms with Crippen LogP contribution in [0, 0.1) is 6.92 Å². The Morgan fingerprint density at radius 3 is 2.81 bits per heavy atom. The third kappa shape index (κ3) is 2.99. The Morgan fingerprint density at radius 1 is 1.19 bits per heavy atom. The summed E-state index contributed by atoms with van der Waals surface area (Å²) in [5, 5.41) is 1.18. The highest BCUT2D eigenvalue weighted by atomic mass is 32.2. The van der Waals surface area contributed by atoms with E-state index in [1.807, 2.05) is 25.1 Å². The predicted molar refractivity (Wildman–Crippen MR) is 102 cm³/mol. The number of H-pyrrole nitrogens is 1. The second kappa shape index (κ2) is 6.45. The summed E-state index contributed by atoms with van der Waals surface area (Å²) in [6, 6.07) is 13.2. The molecule has 0 radical (unpaired) electrons. The number of aromatic amines is 1. The standard InChI is InChI=1S/C20H22N2O3S/c1-13-7-10-19(25-2)20(11-13)26(23,24)22-14-8-9-18-16(12-14)15-5-3-4-6-17(15)21-18/h3-7,10-11,14,21-22H,8-9,12H2,1-2H3. The first-order chi connectivity index (χ1) is 12.5. The van der Waals surface area contributed by atoms with E-state index in [-0.39, 0.29) is 10.9 Å². The lowest BCUT2D eigenvalue weighted by molar-refractivity contribution is 0.401. The zero-order chi connectivity index (χ0) is 18.3. The molecule has 4 rings (SSSR count). The summed E-state index contributed by atoms with van der Waals surface area (Å²) >= 11 is 0. The average molecular weight is 370 g/mol. The molecule has 6 heteroatoms. The molecule has 0 saturated heterocycles. The quantitative estimate of drug-likeness (QED) is 0.740. The molecule has 3 aromatic rings. The lowest BCUT2D eigenvalue weighted by Crippen LogP contribution is -2.38. The molecule has 1 aliphatic rings. The molecule has 1 heterocycles. The molecule has 0 bridgehead atoms. The van der Waals surface area contributed by atoms with Crippen LogP contribution in [0.15, 0.2) is 47.4 Å². The molecule has 1 aliphatic carbocycles. The fraction of sp³-hybridized carbons (Fsp3) is 0.300. The highest BCUT2D eigenvalue weighted by Crippen LogP contribution is 2.31. The number of rotatable bonds is 4. The van der Waals surface area contributed by atoms with Crippen LogP contribution in [0.2, 0.25) is 0 Å². The highest BCUT2D eigenvalue weighted by Gasteiger charge is 2.28. The molecule has 0 spiro atoms. The summed E-state index contributed by atoms with van der Waals surface area (Å²) in [6.07, 6.45) is 2.29. The number of hydrogen-bond donors (Lipinski definition) is 2. The van der Waals surface area contributed by atoms with E-state index < -0.39 is 10.0 Å². The van der Waals surface area contributed by atoms with Crippen LogP contribution in [0.3, 0.4) is 0 Å². The van der Waals surface area contributed by atoms with Gasteiger partial charge in [0.1, 0.15) is 10.6 Å². The Bertz CT molecular complexity index is 1070. The van der Waals surface area contributed by atoms with Gasteiger partial charge < -0.3 is 9.72 Å². The van der Waals surface area contributed by atoms with E-state index in [1.165, 1.54) is 23.8 Å². The number of hydrogen-bond acceptors (Lipinski definition) is 3. The number of ether oxygens (including phenoxy) is 1. The molecule has 0 aliphatic heterocycles. The summed E-state index contributed by atoms with van der Waals surface area (Å²) in [6.45, 7) is 1.87. The smallest absolute Gasteiger partial charge is 0.244 e. The third-order valence-electron chi connectivity index (χ3n) is 5.03.